The number of rotatable bonds is 4. The normalized spacial score (nSPS) is 29.3. The van der Waals surface area contributed by atoms with Gasteiger partial charge in [0.15, 0.2) is 0 Å². The Labute approximate surface area is 135 Å². The first-order valence-corrected chi connectivity index (χ1v) is 8.01. The van der Waals surface area contributed by atoms with E-state index in [1.54, 1.807) is 11.1 Å². The zero-order valence-electron chi connectivity index (χ0n) is 13.7. The largest absolute Gasteiger partial charge is 0.481 e. The number of aryl methyl sites for hydroxylation is 1. The molecule has 2 heterocycles. The van der Waals surface area contributed by atoms with Gasteiger partial charge in [0, 0.05) is 24.8 Å². The van der Waals surface area contributed by atoms with Gasteiger partial charge in [-0.25, -0.2) is 0 Å². The minimum Gasteiger partial charge on any atom is -0.481 e. The number of ether oxygens (including phenoxy) is 1. The van der Waals surface area contributed by atoms with Crippen LogP contribution in [0, 0.1) is 17.3 Å². The lowest BCUT2D eigenvalue weighted by atomic mass is 10.1. The van der Waals surface area contributed by atoms with Crippen LogP contribution in [-0.4, -0.2) is 51.4 Å². The Kier molecular flexibility index (Phi) is 3.91. The lowest BCUT2D eigenvalue weighted by Crippen LogP contribution is -2.43. The van der Waals surface area contributed by atoms with E-state index in [4.69, 9.17) is 4.74 Å². The molecule has 0 bridgehead atoms. The highest BCUT2D eigenvalue weighted by molar-refractivity contribution is 5.91. The van der Waals surface area contributed by atoms with Crippen molar-refractivity contribution in [1.29, 1.82) is 0 Å². The second-order valence-corrected chi connectivity index (χ2v) is 6.89. The number of carboxylic acid groups (broad SMARTS) is 1. The number of carboxylic acids is 1. The van der Waals surface area contributed by atoms with Gasteiger partial charge in [0.05, 0.1) is 31.2 Å². The van der Waals surface area contributed by atoms with Gasteiger partial charge < -0.3 is 14.7 Å². The molecule has 126 valence electrons. The summed E-state index contributed by atoms with van der Waals surface area (Å²) in [7, 11) is 0. The van der Waals surface area contributed by atoms with Crippen molar-refractivity contribution in [2.75, 3.05) is 19.7 Å². The van der Waals surface area contributed by atoms with Gasteiger partial charge >= 0.3 is 5.97 Å². The minimum atomic E-state index is -0.887. The lowest BCUT2D eigenvalue weighted by Gasteiger charge is -2.33. The number of hydrogen-bond donors (Lipinski definition) is 1. The third kappa shape index (κ3) is 2.73. The van der Waals surface area contributed by atoms with Crippen molar-refractivity contribution in [3.8, 4) is 0 Å². The molecule has 3 atom stereocenters. The Balaban J connectivity index is 1.69. The second-order valence-electron chi connectivity index (χ2n) is 6.89. The molecule has 7 nitrogen and oxygen atoms in total. The van der Waals surface area contributed by atoms with Crippen LogP contribution in [0.25, 0.3) is 0 Å². The molecule has 1 aliphatic carbocycles. The summed E-state index contributed by atoms with van der Waals surface area (Å²) in [5.74, 6) is -1.97. The fraction of sp³-hybridized carbons (Fsp3) is 0.688. The van der Waals surface area contributed by atoms with Crippen molar-refractivity contribution in [3.63, 3.8) is 0 Å². The van der Waals surface area contributed by atoms with E-state index < -0.39 is 23.2 Å². The number of morpholine rings is 1. The number of carbonyl (C=O) groups is 2. The number of aliphatic carboxylic acids is 1. The van der Waals surface area contributed by atoms with E-state index in [0.29, 0.717) is 19.7 Å². The van der Waals surface area contributed by atoms with Crippen molar-refractivity contribution in [2.45, 2.75) is 33.4 Å². The average Bonchev–Trinajstić information content (AvgIpc) is 2.88. The van der Waals surface area contributed by atoms with Gasteiger partial charge in [0.1, 0.15) is 6.10 Å². The van der Waals surface area contributed by atoms with Crippen LogP contribution >= 0.6 is 0 Å². The molecule has 1 saturated heterocycles. The molecule has 2 aliphatic rings. The molecular formula is C16H23N3O4. The molecule has 0 radical (unpaired) electrons. The van der Waals surface area contributed by atoms with Gasteiger partial charge in [0.25, 0.3) is 0 Å². The number of amides is 1. The van der Waals surface area contributed by atoms with Crippen molar-refractivity contribution >= 4 is 11.9 Å². The Hall–Kier alpha value is -1.89. The van der Waals surface area contributed by atoms with Gasteiger partial charge in [-0.3, -0.25) is 14.3 Å². The summed E-state index contributed by atoms with van der Waals surface area (Å²) in [6.45, 7) is 7.90. The summed E-state index contributed by atoms with van der Waals surface area (Å²) in [5.41, 5.74) is 0.485. The molecule has 1 aliphatic heterocycles. The molecule has 1 unspecified atom stereocenters. The summed E-state index contributed by atoms with van der Waals surface area (Å²) in [6, 6.07) is 0. The maximum atomic E-state index is 12.7. The quantitative estimate of drug-likeness (QED) is 0.899. The second kappa shape index (κ2) is 5.63. The van der Waals surface area contributed by atoms with Crippen LogP contribution in [0.4, 0.5) is 0 Å². The Morgan fingerprint density at radius 1 is 1.43 bits per heavy atom. The van der Waals surface area contributed by atoms with Gasteiger partial charge in [-0.1, -0.05) is 13.8 Å². The molecule has 1 amide bonds. The molecule has 1 aromatic heterocycles. The van der Waals surface area contributed by atoms with Crippen LogP contribution in [0.5, 0.6) is 0 Å². The maximum Gasteiger partial charge on any atom is 0.307 e. The van der Waals surface area contributed by atoms with Crippen LogP contribution in [0.2, 0.25) is 0 Å². The number of aromatic nitrogens is 2. The molecular weight excluding hydrogens is 298 g/mol. The van der Waals surface area contributed by atoms with Crippen LogP contribution in [0.15, 0.2) is 12.4 Å². The summed E-state index contributed by atoms with van der Waals surface area (Å²) in [6.07, 6.45) is 3.50. The maximum absolute atomic E-state index is 12.7. The fourth-order valence-corrected chi connectivity index (χ4v) is 3.53. The van der Waals surface area contributed by atoms with Crippen molar-refractivity contribution in [3.05, 3.63) is 18.0 Å². The van der Waals surface area contributed by atoms with E-state index in [-0.39, 0.29) is 12.0 Å². The monoisotopic (exact) mass is 321 g/mol. The number of carbonyl (C=O) groups excluding carboxylic acids is 1. The summed E-state index contributed by atoms with van der Waals surface area (Å²) < 4.78 is 7.59. The molecule has 1 N–H and O–H groups in total. The zero-order valence-corrected chi connectivity index (χ0v) is 13.7. The molecule has 2 fully saturated rings. The van der Waals surface area contributed by atoms with E-state index in [1.165, 1.54) is 0 Å². The van der Waals surface area contributed by atoms with E-state index in [0.717, 1.165) is 12.1 Å². The zero-order chi connectivity index (χ0) is 16.8. The predicted octanol–water partition coefficient (Wildman–Crippen LogP) is 1.16. The first-order valence-electron chi connectivity index (χ1n) is 8.01. The highest BCUT2D eigenvalue weighted by Gasteiger charge is 2.66. The third-order valence-electron chi connectivity index (χ3n) is 5.09. The van der Waals surface area contributed by atoms with Crippen molar-refractivity contribution in [2.24, 2.45) is 17.3 Å². The number of nitrogens with zero attached hydrogens (tertiary/aromatic N) is 3. The van der Waals surface area contributed by atoms with Crippen molar-refractivity contribution in [1.82, 2.24) is 14.7 Å². The van der Waals surface area contributed by atoms with Crippen LogP contribution in [-0.2, 0) is 20.9 Å². The Morgan fingerprint density at radius 3 is 2.74 bits per heavy atom. The van der Waals surface area contributed by atoms with Crippen LogP contribution in [0.3, 0.4) is 0 Å². The average molecular weight is 321 g/mol. The highest BCUT2D eigenvalue weighted by Crippen LogP contribution is 2.59. The summed E-state index contributed by atoms with van der Waals surface area (Å²) in [4.78, 5) is 25.7. The van der Waals surface area contributed by atoms with Gasteiger partial charge in [0.2, 0.25) is 5.91 Å². The predicted molar refractivity (Wildman–Crippen MR) is 81.6 cm³/mol. The van der Waals surface area contributed by atoms with Gasteiger partial charge in [-0.2, -0.15) is 5.10 Å². The Morgan fingerprint density at radius 2 is 2.17 bits per heavy atom. The standard InChI is InChI=1S/C16H23N3O4/c1-4-19-8-10(7-17-19)11-9-18(5-6-23-11)14(20)12-13(15(21)22)16(12,2)3/h7-8,11-13H,4-6,9H2,1-3H3,(H,21,22)/t11?,12-,13+/m0/s1. The topological polar surface area (TPSA) is 84.7 Å². The third-order valence-corrected chi connectivity index (χ3v) is 5.09. The number of hydrogen-bond acceptors (Lipinski definition) is 4. The first-order chi connectivity index (χ1) is 10.9. The molecule has 1 aromatic rings. The smallest absolute Gasteiger partial charge is 0.307 e. The molecule has 0 aromatic carbocycles. The summed E-state index contributed by atoms with van der Waals surface area (Å²) in [5, 5.41) is 13.5. The van der Waals surface area contributed by atoms with E-state index in [2.05, 4.69) is 5.10 Å². The summed E-state index contributed by atoms with van der Waals surface area (Å²) >= 11 is 0. The molecule has 0 spiro atoms. The van der Waals surface area contributed by atoms with E-state index in [9.17, 15) is 14.7 Å². The molecule has 7 heteroatoms. The first kappa shape index (κ1) is 16.0. The van der Waals surface area contributed by atoms with Crippen LogP contribution < -0.4 is 0 Å². The van der Waals surface area contributed by atoms with Crippen LogP contribution in [0.1, 0.15) is 32.4 Å². The highest BCUT2D eigenvalue weighted by atomic mass is 16.5. The lowest BCUT2D eigenvalue weighted by molar-refractivity contribution is -0.145. The Bertz CT molecular complexity index is 625. The molecule has 1 saturated carbocycles. The van der Waals surface area contributed by atoms with Gasteiger partial charge in [-0.15, -0.1) is 0 Å². The fourth-order valence-electron chi connectivity index (χ4n) is 3.53. The minimum absolute atomic E-state index is 0.0708. The van der Waals surface area contributed by atoms with E-state index in [1.807, 2.05) is 31.6 Å². The van der Waals surface area contributed by atoms with E-state index >= 15 is 0 Å². The SMILES string of the molecule is CCn1cc(C2CN(C(=O)[C@@H]3[C@H](C(=O)O)C3(C)C)CCO2)cn1. The molecule has 3 rings (SSSR count). The molecule has 23 heavy (non-hydrogen) atoms. The van der Waals surface area contributed by atoms with Crippen molar-refractivity contribution < 1.29 is 19.4 Å². The van der Waals surface area contributed by atoms with Gasteiger partial charge in [-0.05, 0) is 12.3 Å².